The van der Waals surface area contributed by atoms with Gasteiger partial charge in [-0.05, 0) is 163 Å². The van der Waals surface area contributed by atoms with Crippen molar-refractivity contribution in [3.05, 3.63) is 109 Å². The number of ether oxygens (including phenoxy) is 2. The Morgan fingerprint density at radius 1 is 0.569 bits per heavy atom. The van der Waals surface area contributed by atoms with Crippen LogP contribution < -0.4 is 20.1 Å². The number of nitrogens with zero attached hydrogens (tertiary/aromatic N) is 2. The lowest BCUT2D eigenvalue weighted by Gasteiger charge is -2.17. The molecule has 0 aromatic heterocycles. The number of amides is 2. The average molecular weight is 1020 g/mol. The first-order valence-electron chi connectivity index (χ1n) is 15.2. The molecule has 8 bridgehead atoms. The molecule has 12 nitrogen and oxygen atoms in total. The van der Waals surface area contributed by atoms with Crippen molar-refractivity contribution in [3.8, 4) is 34.5 Å². The number of benzene rings is 4. The first kappa shape index (κ1) is 38.8. The summed E-state index contributed by atoms with van der Waals surface area (Å²) in [6.07, 6.45) is 0.694. The summed E-state index contributed by atoms with van der Waals surface area (Å²) in [5, 5.41) is 33.1. The molecule has 0 radical (unpaired) electrons. The van der Waals surface area contributed by atoms with Crippen LogP contribution in [-0.2, 0) is 35.3 Å². The van der Waals surface area contributed by atoms with Gasteiger partial charge >= 0.3 is 0 Å². The summed E-state index contributed by atoms with van der Waals surface area (Å²) < 4.78 is 14.2. The molecular formula is C34H27Br5N4O8. The van der Waals surface area contributed by atoms with Crippen molar-refractivity contribution >= 4 is 91.5 Å². The van der Waals surface area contributed by atoms with Crippen molar-refractivity contribution in [2.75, 3.05) is 13.1 Å². The SMILES string of the molecule is O=NC1Cc2cc(Br)c(c(Br)c2)Oc2cc(cc(Br)c2O)CC(N=O)C(=O)NCCc2cc(Br)c(O)c(c2)Oc2ccc(cc2Br)CCNC1=O. The van der Waals surface area contributed by atoms with Crippen LogP contribution in [0.15, 0.2) is 87.3 Å². The molecule has 0 spiro atoms. The topological polar surface area (TPSA) is 176 Å². The van der Waals surface area contributed by atoms with E-state index in [1.807, 2.05) is 12.1 Å². The lowest BCUT2D eigenvalue weighted by molar-refractivity contribution is -0.123. The van der Waals surface area contributed by atoms with Crippen molar-refractivity contribution in [1.82, 2.24) is 10.6 Å². The largest absolute Gasteiger partial charge is 0.503 e. The molecule has 266 valence electrons. The van der Waals surface area contributed by atoms with Crippen LogP contribution in [0.5, 0.6) is 34.5 Å². The van der Waals surface area contributed by atoms with Gasteiger partial charge in [0.15, 0.2) is 40.8 Å². The molecule has 7 rings (SSSR count). The van der Waals surface area contributed by atoms with Crippen LogP contribution in [0.2, 0.25) is 0 Å². The molecule has 4 aromatic carbocycles. The van der Waals surface area contributed by atoms with Crippen LogP contribution in [-0.4, -0.2) is 47.2 Å². The van der Waals surface area contributed by atoms with Gasteiger partial charge in [0.2, 0.25) is 11.8 Å². The first-order chi connectivity index (χ1) is 24.4. The number of fused-ring (bicyclic) bond motifs is 2. The van der Waals surface area contributed by atoms with Crippen LogP contribution >= 0.6 is 79.6 Å². The highest BCUT2D eigenvalue weighted by molar-refractivity contribution is 9.11. The number of hydrogen-bond acceptors (Lipinski definition) is 10. The third-order valence-corrected chi connectivity index (χ3v) is 10.8. The minimum absolute atomic E-state index is 0.00296. The molecule has 2 atom stereocenters. The highest BCUT2D eigenvalue weighted by Gasteiger charge is 2.24. The van der Waals surface area contributed by atoms with E-state index in [4.69, 9.17) is 9.47 Å². The van der Waals surface area contributed by atoms with Gasteiger partial charge in [0.1, 0.15) is 5.75 Å². The van der Waals surface area contributed by atoms with Gasteiger partial charge < -0.3 is 30.3 Å². The minimum Gasteiger partial charge on any atom is -0.503 e. The lowest BCUT2D eigenvalue weighted by atomic mass is 10.0. The number of nitrogens with one attached hydrogen (secondary N) is 2. The van der Waals surface area contributed by atoms with Crippen LogP contribution in [0.3, 0.4) is 0 Å². The number of halogens is 5. The Morgan fingerprint density at radius 3 is 1.57 bits per heavy atom. The smallest absolute Gasteiger partial charge is 0.248 e. The number of phenols is 2. The maximum Gasteiger partial charge on any atom is 0.248 e. The Labute approximate surface area is 333 Å². The highest BCUT2D eigenvalue weighted by atomic mass is 79.9. The number of carbonyl (C=O) groups excluding carboxylic acids is 2. The van der Waals surface area contributed by atoms with E-state index in [1.54, 1.807) is 36.4 Å². The van der Waals surface area contributed by atoms with Gasteiger partial charge in [-0.3, -0.25) is 9.59 Å². The second-order valence-electron chi connectivity index (χ2n) is 11.4. The van der Waals surface area contributed by atoms with Gasteiger partial charge in [-0.2, -0.15) is 0 Å². The number of phenolic OH excluding ortho intramolecular Hbond substituents is 2. The zero-order valence-corrected chi connectivity index (χ0v) is 34.2. The molecule has 51 heavy (non-hydrogen) atoms. The van der Waals surface area contributed by atoms with Crippen molar-refractivity contribution in [2.24, 2.45) is 10.4 Å². The van der Waals surface area contributed by atoms with Gasteiger partial charge in [-0.25, -0.2) is 0 Å². The van der Waals surface area contributed by atoms with E-state index in [-0.39, 0.29) is 59.2 Å². The number of rotatable bonds is 2. The molecular weight excluding hydrogens is 992 g/mol. The fourth-order valence-electron chi connectivity index (χ4n) is 5.21. The number of carbonyl (C=O) groups is 2. The lowest BCUT2D eigenvalue weighted by Crippen LogP contribution is -2.35. The quantitative estimate of drug-likeness (QED) is 0.144. The van der Waals surface area contributed by atoms with Gasteiger partial charge in [0.05, 0.1) is 22.4 Å². The Kier molecular flexibility index (Phi) is 13.3. The Balaban J connectivity index is 1.47. The maximum absolute atomic E-state index is 13.0. The molecule has 3 aliphatic heterocycles. The zero-order chi connectivity index (χ0) is 36.8. The van der Waals surface area contributed by atoms with E-state index in [0.717, 1.165) is 11.1 Å². The molecule has 3 aliphatic rings. The molecule has 0 saturated heterocycles. The molecule has 2 unspecified atom stereocenters. The van der Waals surface area contributed by atoms with E-state index in [9.17, 15) is 29.6 Å². The third kappa shape index (κ3) is 9.74. The monoisotopic (exact) mass is 1010 g/mol. The molecule has 3 heterocycles. The van der Waals surface area contributed by atoms with E-state index < -0.39 is 23.9 Å². The summed E-state index contributed by atoms with van der Waals surface area (Å²) in [6.45, 7) is 0.400. The van der Waals surface area contributed by atoms with Crippen LogP contribution in [0.1, 0.15) is 22.3 Å². The van der Waals surface area contributed by atoms with E-state index in [1.165, 1.54) is 6.07 Å². The van der Waals surface area contributed by atoms with Crippen molar-refractivity contribution in [1.29, 1.82) is 0 Å². The number of aromatic hydroxyl groups is 2. The van der Waals surface area contributed by atoms with Crippen LogP contribution in [0.4, 0.5) is 0 Å². The second kappa shape index (κ2) is 17.4. The standard InChI is InChI=1S/C34H27Br5N4O8/c35-20-7-16-1-2-27(20)50-28-14-17(8-21(36)30(28)44)4-6-41-34(47)26(43-49)13-19-9-22(37)31(45)29(15-19)51-32-23(38)10-18(11-24(32)39)12-25(42-48)33(46)40-5-3-16/h1-2,7-11,14-15,25-26,44-45H,3-6,12-13H2,(H,40,46)(H,41,47). The number of hydrogen-bond donors (Lipinski definition) is 4. The summed E-state index contributed by atoms with van der Waals surface area (Å²) in [7, 11) is 0. The Hall–Kier alpha value is -3.38. The third-order valence-electron chi connectivity index (χ3n) is 7.81. The summed E-state index contributed by atoms with van der Waals surface area (Å²) in [4.78, 5) is 49.5. The van der Waals surface area contributed by atoms with Gasteiger partial charge in [-0.15, -0.1) is 9.81 Å². The van der Waals surface area contributed by atoms with Crippen molar-refractivity contribution in [3.63, 3.8) is 0 Å². The molecule has 0 saturated carbocycles. The summed E-state index contributed by atoms with van der Waals surface area (Å²) in [6, 6.07) is 12.6. The fourth-order valence-corrected chi connectivity index (χ4v) is 8.14. The molecule has 4 N–H and O–H groups in total. The number of nitroso groups, excluding NO2 is 2. The Bertz CT molecular complexity index is 1990. The van der Waals surface area contributed by atoms with E-state index in [0.29, 0.717) is 47.6 Å². The van der Waals surface area contributed by atoms with Crippen LogP contribution in [0, 0.1) is 9.81 Å². The summed E-state index contributed by atoms with van der Waals surface area (Å²) in [5.74, 6) is -0.583. The predicted octanol–water partition coefficient (Wildman–Crippen LogP) is 8.88. The van der Waals surface area contributed by atoms with Crippen LogP contribution in [0.25, 0.3) is 0 Å². The minimum atomic E-state index is -1.29. The van der Waals surface area contributed by atoms with E-state index >= 15 is 0 Å². The average Bonchev–Trinajstić information content (AvgIpc) is 3.08. The molecule has 0 fully saturated rings. The Morgan fingerprint density at radius 2 is 1.02 bits per heavy atom. The van der Waals surface area contributed by atoms with Gasteiger partial charge in [0, 0.05) is 25.9 Å². The normalized spacial score (nSPS) is 17.3. The summed E-state index contributed by atoms with van der Waals surface area (Å²) in [5.41, 5.74) is 2.66. The van der Waals surface area contributed by atoms with Crippen molar-refractivity contribution < 1.29 is 29.3 Å². The fraction of sp³-hybridized carbons (Fsp3) is 0.235. The maximum atomic E-state index is 13.0. The molecule has 2 amide bonds. The highest BCUT2D eigenvalue weighted by Crippen LogP contribution is 2.44. The second-order valence-corrected chi connectivity index (χ2v) is 15.7. The van der Waals surface area contributed by atoms with Crippen molar-refractivity contribution in [2.45, 2.75) is 37.8 Å². The predicted molar refractivity (Wildman–Crippen MR) is 208 cm³/mol. The molecule has 0 aliphatic carbocycles. The van der Waals surface area contributed by atoms with Gasteiger partial charge in [-0.1, -0.05) is 16.4 Å². The van der Waals surface area contributed by atoms with Gasteiger partial charge in [0.25, 0.3) is 0 Å². The van der Waals surface area contributed by atoms with E-state index in [2.05, 4.69) is 101 Å². The molecule has 4 aromatic rings. The summed E-state index contributed by atoms with van der Waals surface area (Å²) >= 11 is 17.1. The zero-order valence-electron chi connectivity index (χ0n) is 26.2. The molecule has 17 heteroatoms. The first-order valence-corrected chi connectivity index (χ1v) is 19.2.